The van der Waals surface area contributed by atoms with E-state index >= 15 is 0 Å². The van der Waals surface area contributed by atoms with Gasteiger partial charge >= 0.3 is 6.03 Å². The molecule has 2 aliphatic rings. The fraction of sp³-hybridized carbons (Fsp3) is 0.917. The van der Waals surface area contributed by atoms with Crippen molar-refractivity contribution < 1.29 is 4.79 Å². The van der Waals surface area contributed by atoms with E-state index in [0.717, 1.165) is 58.4 Å². The molecular formula is C12H23N3O. The Labute approximate surface area is 98.0 Å². The molecular weight excluding hydrogens is 202 g/mol. The second-order valence-corrected chi connectivity index (χ2v) is 4.80. The Morgan fingerprint density at radius 3 is 2.75 bits per heavy atom. The summed E-state index contributed by atoms with van der Waals surface area (Å²) in [6.07, 6.45) is 4.53. The summed E-state index contributed by atoms with van der Waals surface area (Å²) in [5.74, 6) is 0. The van der Waals surface area contributed by atoms with Crippen molar-refractivity contribution in [2.45, 2.75) is 38.6 Å². The first kappa shape index (κ1) is 11.7. The summed E-state index contributed by atoms with van der Waals surface area (Å²) in [7, 11) is 0. The van der Waals surface area contributed by atoms with E-state index < -0.39 is 0 Å². The van der Waals surface area contributed by atoms with Gasteiger partial charge in [-0.15, -0.1) is 0 Å². The van der Waals surface area contributed by atoms with Crippen LogP contribution in [-0.4, -0.2) is 54.6 Å². The van der Waals surface area contributed by atoms with E-state index in [9.17, 15) is 4.79 Å². The van der Waals surface area contributed by atoms with Gasteiger partial charge in [-0.05, 0) is 32.4 Å². The first-order chi connectivity index (χ1) is 7.83. The third-order valence-electron chi connectivity index (χ3n) is 3.66. The van der Waals surface area contributed by atoms with Crippen molar-refractivity contribution in [1.29, 1.82) is 0 Å². The van der Waals surface area contributed by atoms with E-state index in [4.69, 9.17) is 0 Å². The fourth-order valence-corrected chi connectivity index (χ4v) is 2.61. The van der Waals surface area contributed by atoms with Gasteiger partial charge in [0.15, 0.2) is 0 Å². The number of amides is 2. The maximum absolute atomic E-state index is 12.1. The largest absolute Gasteiger partial charge is 0.323 e. The molecule has 1 N–H and O–H groups in total. The van der Waals surface area contributed by atoms with Crippen LogP contribution in [0.25, 0.3) is 0 Å². The van der Waals surface area contributed by atoms with Crippen molar-refractivity contribution in [3.8, 4) is 0 Å². The molecule has 2 aliphatic heterocycles. The molecule has 0 atom stereocenters. The molecule has 92 valence electrons. The predicted molar refractivity (Wildman–Crippen MR) is 64.5 cm³/mol. The average Bonchev–Trinajstić information content (AvgIpc) is 2.69. The highest BCUT2D eigenvalue weighted by Gasteiger charge is 2.33. The number of rotatable bonds is 4. The lowest BCUT2D eigenvalue weighted by atomic mass is 10.1. The molecule has 0 aromatic rings. The summed E-state index contributed by atoms with van der Waals surface area (Å²) in [4.78, 5) is 16.3. The van der Waals surface area contributed by atoms with Crippen molar-refractivity contribution >= 4 is 6.03 Å². The number of carbonyl (C=O) groups excluding carboxylic acids is 1. The third kappa shape index (κ3) is 2.48. The highest BCUT2D eigenvalue weighted by molar-refractivity contribution is 5.76. The van der Waals surface area contributed by atoms with Crippen LogP contribution in [0.4, 0.5) is 4.79 Å². The van der Waals surface area contributed by atoms with Crippen LogP contribution < -0.4 is 5.32 Å². The van der Waals surface area contributed by atoms with Gasteiger partial charge in [0.2, 0.25) is 0 Å². The van der Waals surface area contributed by atoms with Crippen LogP contribution in [0, 0.1) is 0 Å². The van der Waals surface area contributed by atoms with Crippen molar-refractivity contribution in [2.75, 3.05) is 32.7 Å². The minimum Gasteiger partial charge on any atom is -0.323 e. The standard InChI is InChI=1S/C12H23N3O/c1-2-3-8-14-9-10-15(12(14)16)11-4-6-13-7-5-11/h11,13H,2-10H2,1H3. The molecule has 2 heterocycles. The lowest BCUT2D eigenvalue weighted by molar-refractivity contribution is 0.165. The van der Waals surface area contributed by atoms with Gasteiger partial charge in [0.25, 0.3) is 0 Å². The molecule has 0 aliphatic carbocycles. The Kier molecular flexibility index (Phi) is 4.04. The lowest BCUT2D eigenvalue weighted by Gasteiger charge is -2.31. The van der Waals surface area contributed by atoms with E-state index in [-0.39, 0.29) is 6.03 Å². The normalized spacial score (nSPS) is 23.2. The number of piperidine rings is 1. The molecule has 2 saturated heterocycles. The van der Waals surface area contributed by atoms with Crippen molar-refractivity contribution in [1.82, 2.24) is 15.1 Å². The quantitative estimate of drug-likeness (QED) is 0.782. The van der Waals surface area contributed by atoms with Crippen LogP contribution in [0.5, 0.6) is 0 Å². The zero-order valence-corrected chi connectivity index (χ0v) is 10.2. The van der Waals surface area contributed by atoms with E-state index in [1.54, 1.807) is 0 Å². The van der Waals surface area contributed by atoms with E-state index in [2.05, 4.69) is 17.1 Å². The van der Waals surface area contributed by atoms with Crippen molar-refractivity contribution in [2.24, 2.45) is 0 Å². The van der Waals surface area contributed by atoms with Gasteiger partial charge < -0.3 is 15.1 Å². The number of hydrogen-bond donors (Lipinski definition) is 1. The Hall–Kier alpha value is -0.770. The van der Waals surface area contributed by atoms with Crippen LogP contribution in [0.2, 0.25) is 0 Å². The van der Waals surface area contributed by atoms with Gasteiger partial charge in [0.05, 0.1) is 0 Å². The second kappa shape index (κ2) is 5.53. The first-order valence-electron chi connectivity index (χ1n) is 6.59. The molecule has 4 heteroatoms. The van der Waals surface area contributed by atoms with Crippen LogP contribution >= 0.6 is 0 Å². The summed E-state index contributed by atoms with van der Waals surface area (Å²) in [5, 5.41) is 3.35. The van der Waals surface area contributed by atoms with E-state index in [0.29, 0.717) is 6.04 Å². The molecule has 0 radical (unpaired) electrons. The van der Waals surface area contributed by atoms with Gasteiger partial charge in [-0.2, -0.15) is 0 Å². The zero-order chi connectivity index (χ0) is 11.4. The molecule has 0 saturated carbocycles. The number of nitrogens with zero attached hydrogens (tertiary/aromatic N) is 2. The maximum atomic E-state index is 12.1. The lowest BCUT2D eigenvalue weighted by Crippen LogP contribution is -2.45. The number of nitrogens with one attached hydrogen (secondary N) is 1. The minimum atomic E-state index is 0.278. The molecule has 16 heavy (non-hydrogen) atoms. The summed E-state index contributed by atoms with van der Waals surface area (Å²) in [5.41, 5.74) is 0. The van der Waals surface area contributed by atoms with E-state index in [1.807, 2.05) is 4.90 Å². The monoisotopic (exact) mass is 225 g/mol. The van der Waals surface area contributed by atoms with Gasteiger partial charge in [-0.25, -0.2) is 4.79 Å². The number of urea groups is 1. The molecule has 4 nitrogen and oxygen atoms in total. The van der Waals surface area contributed by atoms with Crippen molar-refractivity contribution in [3.63, 3.8) is 0 Å². The Morgan fingerprint density at radius 2 is 2.06 bits per heavy atom. The molecule has 2 fully saturated rings. The van der Waals surface area contributed by atoms with Crippen LogP contribution in [0.3, 0.4) is 0 Å². The number of hydrogen-bond acceptors (Lipinski definition) is 2. The Morgan fingerprint density at radius 1 is 1.31 bits per heavy atom. The zero-order valence-electron chi connectivity index (χ0n) is 10.2. The minimum absolute atomic E-state index is 0.278. The summed E-state index contributed by atoms with van der Waals surface area (Å²) in [6.45, 7) is 7.10. The molecule has 0 spiro atoms. The SMILES string of the molecule is CCCCN1CCN(C2CCNCC2)C1=O. The van der Waals surface area contributed by atoms with Crippen LogP contribution in [0.1, 0.15) is 32.6 Å². The van der Waals surface area contributed by atoms with Gasteiger partial charge in [-0.1, -0.05) is 13.3 Å². The summed E-state index contributed by atoms with van der Waals surface area (Å²) in [6, 6.07) is 0.765. The molecule has 0 aromatic carbocycles. The Balaban J connectivity index is 1.85. The average molecular weight is 225 g/mol. The smallest absolute Gasteiger partial charge is 0.320 e. The molecule has 0 unspecified atom stereocenters. The van der Waals surface area contributed by atoms with Gasteiger partial charge in [0, 0.05) is 25.7 Å². The summed E-state index contributed by atoms with van der Waals surface area (Å²) < 4.78 is 0. The second-order valence-electron chi connectivity index (χ2n) is 4.80. The summed E-state index contributed by atoms with van der Waals surface area (Å²) >= 11 is 0. The maximum Gasteiger partial charge on any atom is 0.320 e. The van der Waals surface area contributed by atoms with Crippen LogP contribution in [0.15, 0.2) is 0 Å². The molecule has 0 bridgehead atoms. The number of unbranched alkanes of at least 4 members (excludes halogenated alkanes) is 1. The highest BCUT2D eigenvalue weighted by Crippen LogP contribution is 2.18. The fourth-order valence-electron chi connectivity index (χ4n) is 2.61. The third-order valence-corrected chi connectivity index (χ3v) is 3.66. The van der Waals surface area contributed by atoms with Crippen molar-refractivity contribution in [3.05, 3.63) is 0 Å². The predicted octanol–water partition coefficient (Wildman–Crippen LogP) is 1.28. The Bertz CT molecular complexity index is 238. The van der Waals surface area contributed by atoms with E-state index in [1.165, 1.54) is 0 Å². The highest BCUT2D eigenvalue weighted by atomic mass is 16.2. The van der Waals surface area contributed by atoms with Gasteiger partial charge in [-0.3, -0.25) is 0 Å². The topological polar surface area (TPSA) is 35.6 Å². The molecule has 0 aromatic heterocycles. The molecule has 2 rings (SSSR count). The number of carbonyl (C=O) groups is 1. The van der Waals surface area contributed by atoms with Gasteiger partial charge in [0.1, 0.15) is 0 Å². The first-order valence-corrected chi connectivity index (χ1v) is 6.59. The van der Waals surface area contributed by atoms with Crippen LogP contribution in [-0.2, 0) is 0 Å². The molecule has 2 amide bonds.